The molecule has 0 radical (unpaired) electrons. The van der Waals surface area contributed by atoms with Crippen LogP contribution in [0, 0.1) is 12.7 Å². The van der Waals surface area contributed by atoms with Gasteiger partial charge in [-0.25, -0.2) is 14.2 Å². The number of aromatic nitrogens is 2. The van der Waals surface area contributed by atoms with Crippen LogP contribution in [0.25, 0.3) is 11.4 Å². The van der Waals surface area contributed by atoms with E-state index in [0.717, 1.165) is 0 Å². The van der Waals surface area contributed by atoms with Crippen molar-refractivity contribution in [3.8, 4) is 11.4 Å². The Morgan fingerprint density at radius 3 is 2.70 bits per heavy atom. The predicted octanol–water partition coefficient (Wildman–Crippen LogP) is 3.73. The Bertz CT molecular complexity index is 697. The average molecular weight is 320 g/mol. The standard InChI is InChI=1S/C17H21FN2O3/c1-5-22-12(4)20-15(17(21)23-6-2)11(3)19-16(20)13-8-7-9-14(18)10-13/h7-10,12H,5-6H2,1-4H3. The van der Waals surface area contributed by atoms with Gasteiger partial charge in [-0.1, -0.05) is 12.1 Å². The number of hydrogen-bond acceptors (Lipinski definition) is 4. The first-order chi connectivity index (χ1) is 11.0. The van der Waals surface area contributed by atoms with Crippen molar-refractivity contribution < 1.29 is 18.7 Å². The minimum Gasteiger partial charge on any atom is -0.461 e. The van der Waals surface area contributed by atoms with Crippen molar-refractivity contribution in [3.05, 3.63) is 41.5 Å². The highest BCUT2D eigenvalue weighted by molar-refractivity contribution is 5.90. The first-order valence-corrected chi connectivity index (χ1v) is 7.63. The highest BCUT2D eigenvalue weighted by Gasteiger charge is 2.26. The molecule has 1 heterocycles. The molecule has 1 atom stereocenters. The number of aryl methyl sites for hydroxylation is 1. The molecule has 0 amide bonds. The number of halogens is 1. The Morgan fingerprint density at radius 2 is 2.09 bits per heavy atom. The first kappa shape index (κ1) is 17.1. The molecule has 0 aliphatic rings. The number of ether oxygens (including phenoxy) is 2. The third kappa shape index (κ3) is 3.59. The fourth-order valence-electron chi connectivity index (χ4n) is 2.49. The number of rotatable bonds is 6. The van der Waals surface area contributed by atoms with Gasteiger partial charge >= 0.3 is 5.97 Å². The van der Waals surface area contributed by atoms with Gasteiger partial charge in [0.2, 0.25) is 0 Å². The summed E-state index contributed by atoms with van der Waals surface area (Å²) in [5.41, 5.74) is 1.43. The molecule has 0 spiro atoms. The van der Waals surface area contributed by atoms with Gasteiger partial charge in [0.05, 0.1) is 12.3 Å². The molecular weight excluding hydrogens is 299 g/mol. The number of esters is 1. The van der Waals surface area contributed by atoms with Crippen LogP contribution in [0.15, 0.2) is 24.3 Å². The summed E-state index contributed by atoms with van der Waals surface area (Å²) in [6.45, 7) is 7.89. The number of benzene rings is 1. The highest BCUT2D eigenvalue weighted by Crippen LogP contribution is 2.28. The van der Waals surface area contributed by atoms with Crippen LogP contribution in [-0.4, -0.2) is 28.7 Å². The normalized spacial score (nSPS) is 12.2. The molecule has 0 aliphatic carbocycles. The fraction of sp³-hybridized carbons (Fsp3) is 0.412. The molecule has 23 heavy (non-hydrogen) atoms. The van der Waals surface area contributed by atoms with Crippen molar-refractivity contribution in [2.75, 3.05) is 13.2 Å². The minimum absolute atomic E-state index is 0.266. The van der Waals surface area contributed by atoms with Crippen LogP contribution in [-0.2, 0) is 9.47 Å². The van der Waals surface area contributed by atoms with E-state index in [9.17, 15) is 9.18 Å². The molecule has 2 rings (SSSR count). The van der Waals surface area contributed by atoms with Gasteiger partial charge in [0.1, 0.15) is 17.9 Å². The summed E-state index contributed by atoms with van der Waals surface area (Å²) in [4.78, 5) is 16.7. The second-order valence-corrected chi connectivity index (χ2v) is 5.02. The molecule has 1 aromatic carbocycles. The molecule has 0 fully saturated rings. The maximum atomic E-state index is 13.6. The Morgan fingerprint density at radius 1 is 1.35 bits per heavy atom. The van der Waals surface area contributed by atoms with Gasteiger partial charge < -0.3 is 9.47 Å². The second kappa shape index (κ2) is 7.37. The van der Waals surface area contributed by atoms with E-state index in [-0.39, 0.29) is 12.4 Å². The summed E-state index contributed by atoms with van der Waals surface area (Å²) < 4.78 is 26.0. The lowest BCUT2D eigenvalue weighted by molar-refractivity contribution is 0.0195. The number of hydrogen-bond donors (Lipinski definition) is 0. The number of carbonyl (C=O) groups excluding carboxylic acids is 1. The maximum absolute atomic E-state index is 13.6. The van der Waals surface area contributed by atoms with E-state index in [4.69, 9.17) is 9.47 Å². The Balaban J connectivity index is 2.62. The molecule has 0 saturated carbocycles. The lowest BCUT2D eigenvalue weighted by Gasteiger charge is -2.19. The van der Waals surface area contributed by atoms with Crippen molar-refractivity contribution >= 4 is 5.97 Å². The molecule has 1 unspecified atom stereocenters. The van der Waals surface area contributed by atoms with Gasteiger partial charge in [-0.05, 0) is 39.8 Å². The SMILES string of the molecule is CCOC(=O)c1c(C)nc(-c2cccc(F)c2)n1C(C)OCC. The van der Waals surface area contributed by atoms with E-state index in [1.165, 1.54) is 12.1 Å². The summed E-state index contributed by atoms with van der Waals surface area (Å²) in [6.07, 6.45) is -0.432. The molecule has 0 bridgehead atoms. The van der Waals surface area contributed by atoms with Gasteiger partial charge in [0.25, 0.3) is 0 Å². The van der Waals surface area contributed by atoms with Crippen LogP contribution in [0.5, 0.6) is 0 Å². The third-order valence-corrected chi connectivity index (χ3v) is 3.41. The van der Waals surface area contributed by atoms with Crippen LogP contribution < -0.4 is 0 Å². The molecule has 0 N–H and O–H groups in total. The third-order valence-electron chi connectivity index (χ3n) is 3.41. The maximum Gasteiger partial charge on any atom is 0.356 e. The summed E-state index contributed by atoms with van der Waals surface area (Å²) in [7, 11) is 0. The van der Waals surface area contributed by atoms with Crippen molar-refractivity contribution in [2.45, 2.75) is 33.9 Å². The van der Waals surface area contributed by atoms with Crippen LogP contribution in [0.1, 0.15) is 43.2 Å². The number of carbonyl (C=O) groups is 1. The number of imidazole rings is 1. The summed E-state index contributed by atoms with van der Waals surface area (Å²) in [5, 5.41) is 0. The molecular formula is C17H21FN2O3. The largest absolute Gasteiger partial charge is 0.461 e. The quantitative estimate of drug-likeness (QED) is 0.761. The van der Waals surface area contributed by atoms with Crippen LogP contribution in [0.4, 0.5) is 4.39 Å². The van der Waals surface area contributed by atoms with Crippen molar-refractivity contribution in [1.82, 2.24) is 9.55 Å². The lowest BCUT2D eigenvalue weighted by atomic mass is 10.2. The van der Waals surface area contributed by atoms with E-state index in [0.29, 0.717) is 29.4 Å². The summed E-state index contributed by atoms with van der Waals surface area (Å²) in [5.74, 6) is -0.353. The molecule has 6 heteroatoms. The second-order valence-electron chi connectivity index (χ2n) is 5.02. The van der Waals surface area contributed by atoms with Crippen LogP contribution in [0.3, 0.4) is 0 Å². The Labute approximate surface area is 135 Å². The predicted molar refractivity (Wildman–Crippen MR) is 84.7 cm³/mol. The molecule has 2 aromatic rings. The van der Waals surface area contributed by atoms with E-state index in [1.54, 1.807) is 30.5 Å². The zero-order chi connectivity index (χ0) is 17.0. The molecule has 124 valence electrons. The van der Waals surface area contributed by atoms with Gasteiger partial charge in [-0.3, -0.25) is 4.57 Å². The summed E-state index contributed by atoms with van der Waals surface area (Å²) in [6, 6.07) is 6.09. The van der Waals surface area contributed by atoms with Crippen molar-refractivity contribution in [1.29, 1.82) is 0 Å². The van der Waals surface area contributed by atoms with Crippen molar-refractivity contribution in [2.24, 2.45) is 0 Å². The molecule has 5 nitrogen and oxygen atoms in total. The molecule has 1 aromatic heterocycles. The van der Waals surface area contributed by atoms with Gasteiger partial charge in [0, 0.05) is 12.2 Å². The monoisotopic (exact) mass is 320 g/mol. The van der Waals surface area contributed by atoms with Crippen LogP contribution >= 0.6 is 0 Å². The Kier molecular flexibility index (Phi) is 5.50. The topological polar surface area (TPSA) is 53.3 Å². The van der Waals surface area contributed by atoms with E-state index in [1.807, 2.05) is 13.8 Å². The fourth-order valence-corrected chi connectivity index (χ4v) is 2.49. The van der Waals surface area contributed by atoms with Gasteiger partial charge in [-0.15, -0.1) is 0 Å². The van der Waals surface area contributed by atoms with Gasteiger partial charge in [-0.2, -0.15) is 0 Å². The van der Waals surface area contributed by atoms with Crippen LogP contribution in [0.2, 0.25) is 0 Å². The average Bonchev–Trinajstić information content (AvgIpc) is 2.85. The minimum atomic E-state index is -0.466. The Hall–Kier alpha value is -2.21. The van der Waals surface area contributed by atoms with E-state index >= 15 is 0 Å². The zero-order valence-electron chi connectivity index (χ0n) is 13.8. The smallest absolute Gasteiger partial charge is 0.356 e. The van der Waals surface area contributed by atoms with E-state index < -0.39 is 12.2 Å². The summed E-state index contributed by atoms with van der Waals surface area (Å²) >= 11 is 0. The first-order valence-electron chi connectivity index (χ1n) is 7.63. The van der Waals surface area contributed by atoms with Gasteiger partial charge in [0.15, 0.2) is 5.69 Å². The van der Waals surface area contributed by atoms with Crippen molar-refractivity contribution in [3.63, 3.8) is 0 Å². The molecule has 0 aliphatic heterocycles. The molecule has 0 saturated heterocycles. The number of nitrogens with zero attached hydrogens (tertiary/aromatic N) is 2. The lowest BCUT2D eigenvalue weighted by Crippen LogP contribution is -2.19. The highest BCUT2D eigenvalue weighted by atomic mass is 19.1. The zero-order valence-corrected chi connectivity index (χ0v) is 13.8. The van der Waals surface area contributed by atoms with E-state index in [2.05, 4.69) is 4.98 Å².